The molecule has 1 saturated carbocycles. The van der Waals surface area contributed by atoms with Crippen molar-refractivity contribution in [2.45, 2.75) is 30.7 Å². The molecule has 0 unspecified atom stereocenters. The molecule has 14 heavy (non-hydrogen) atoms. The van der Waals surface area contributed by atoms with Crippen molar-refractivity contribution in [3.05, 3.63) is 0 Å². The number of hydrogen-bond acceptors (Lipinski definition) is 6. The molecule has 0 heterocycles. The van der Waals surface area contributed by atoms with Crippen LogP contribution in [0.1, 0.15) is 12.8 Å². The number of methoxy groups -OCH3 is 1. The van der Waals surface area contributed by atoms with Gasteiger partial charge in [-0.05, 0) is 0 Å². The molecule has 1 aliphatic carbocycles. The maximum atomic E-state index is 11.1. The number of ether oxygens (including phenoxy) is 1. The lowest BCUT2D eigenvalue weighted by Crippen LogP contribution is -2.54. The predicted molar refractivity (Wildman–Crippen MR) is 43.2 cm³/mol. The Labute approximate surface area is 80.1 Å². The van der Waals surface area contributed by atoms with E-state index in [4.69, 9.17) is 5.11 Å². The van der Waals surface area contributed by atoms with Crippen LogP contribution >= 0.6 is 0 Å². The van der Waals surface area contributed by atoms with Gasteiger partial charge < -0.3 is 20.1 Å². The summed E-state index contributed by atoms with van der Waals surface area (Å²) in [5.41, 5.74) is -2.01. The van der Waals surface area contributed by atoms with Gasteiger partial charge in [0.15, 0.2) is 11.4 Å². The van der Waals surface area contributed by atoms with Crippen molar-refractivity contribution < 1.29 is 29.6 Å². The molecule has 6 heteroatoms. The van der Waals surface area contributed by atoms with E-state index in [1.807, 2.05) is 0 Å². The Morgan fingerprint density at radius 3 is 2.57 bits per heavy atom. The average molecular weight is 204 g/mol. The monoisotopic (exact) mass is 204 g/mol. The highest BCUT2D eigenvalue weighted by molar-refractivity contribution is 5.92. The van der Waals surface area contributed by atoms with Gasteiger partial charge in [0.05, 0.1) is 13.2 Å². The van der Waals surface area contributed by atoms with Crippen molar-refractivity contribution in [2.75, 3.05) is 7.11 Å². The highest BCUT2D eigenvalue weighted by Gasteiger charge is 2.49. The van der Waals surface area contributed by atoms with Gasteiger partial charge >= 0.3 is 5.97 Å². The number of aliphatic hydroxyl groups is 3. The summed E-state index contributed by atoms with van der Waals surface area (Å²) in [5, 5.41) is 27.9. The van der Waals surface area contributed by atoms with Gasteiger partial charge in [0.1, 0.15) is 6.10 Å². The summed E-state index contributed by atoms with van der Waals surface area (Å²) in [4.78, 5) is 22.1. The SMILES string of the molecule is COC(=O)[C@]1(O)CC(=O)[C@@H](O)[C@H](O)C1. The van der Waals surface area contributed by atoms with Crippen molar-refractivity contribution in [1.82, 2.24) is 0 Å². The summed E-state index contributed by atoms with van der Waals surface area (Å²) in [7, 11) is 1.07. The fraction of sp³-hybridized carbons (Fsp3) is 0.750. The molecule has 6 nitrogen and oxygen atoms in total. The Morgan fingerprint density at radius 2 is 2.14 bits per heavy atom. The van der Waals surface area contributed by atoms with Crippen LogP contribution in [0.2, 0.25) is 0 Å². The first-order valence-electron chi connectivity index (χ1n) is 4.10. The normalized spacial score (nSPS) is 38.1. The third kappa shape index (κ3) is 1.77. The average Bonchev–Trinajstić information content (AvgIpc) is 2.12. The number of rotatable bonds is 1. The zero-order valence-corrected chi connectivity index (χ0v) is 7.64. The van der Waals surface area contributed by atoms with E-state index in [0.717, 1.165) is 7.11 Å². The number of carbonyl (C=O) groups is 2. The van der Waals surface area contributed by atoms with E-state index < -0.39 is 42.4 Å². The molecule has 1 rings (SSSR count). The van der Waals surface area contributed by atoms with Crippen LogP contribution in [0.25, 0.3) is 0 Å². The zero-order chi connectivity index (χ0) is 10.9. The number of Topliss-reactive ketones (excluding diaryl/α,β-unsaturated/α-hetero) is 1. The fourth-order valence-corrected chi connectivity index (χ4v) is 1.48. The summed E-state index contributed by atoms with van der Waals surface area (Å²) in [6.45, 7) is 0. The zero-order valence-electron chi connectivity index (χ0n) is 7.64. The predicted octanol–water partition coefficient (Wildman–Crippen LogP) is -2.02. The van der Waals surface area contributed by atoms with Crippen LogP contribution < -0.4 is 0 Å². The first-order valence-corrected chi connectivity index (χ1v) is 4.10. The lowest BCUT2D eigenvalue weighted by atomic mass is 9.81. The maximum absolute atomic E-state index is 11.1. The molecule has 0 saturated heterocycles. The second-order valence-electron chi connectivity index (χ2n) is 3.38. The Kier molecular flexibility index (Phi) is 2.89. The standard InChI is InChI=1S/C8H12O6/c1-14-7(12)8(13)2-4(9)6(11)5(10)3-8/h4,6,9,11,13H,2-3H2,1H3/t4-,6+,8-/m1/s1. The van der Waals surface area contributed by atoms with Gasteiger partial charge in [-0.3, -0.25) is 4.79 Å². The van der Waals surface area contributed by atoms with Crippen molar-refractivity contribution in [3.8, 4) is 0 Å². The lowest BCUT2D eigenvalue weighted by Gasteiger charge is -2.33. The summed E-state index contributed by atoms with van der Waals surface area (Å²) in [5.74, 6) is -1.74. The quantitative estimate of drug-likeness (QED) is 0.426. The molecule has 1 aliphatic rings. The van der Waals surface area contributed by atoms with Gasteiger partial charge in [-0.25, -0.2) is 4.79 Å². The van der Waals surface area contributed by atoms with E-state index in [2.05, 4.69) is 4.74 Å². The molecule has 0 spiro atoms. The van der Waals surface area contributed by atoms with Crippen LogP contribution in [0.4, 0.5) is 0 Å². The van der Waals surface area contributed by atoms with Crippen molar-refractivity contribution in [2.24, 2.45) is 0 Å². The molecular formula is C8H12O6. The lowest BCUT2D eigenvalue weighted by molar-refractivity contribution is -0.179. The molecule has 80 valence electrons. The van der Waals surface area contributed by atoms with Crippen molar-refractivity contribution >= 4 is 11.8 Å². The van der Waals surface area contributed by atoms with Gasteiger partial charge in [0, 0.05) is 12.8 Å². The topological polar surface area (TPSA) is 104 Å². The van der Waals surface area contributed by atoms with Crippen molar-refractivity contribution in [1.29, 1.82) is 0 Å². The van der Waals surface area contributed by atoms with Crippen molar-refractivity contribution in [3.63, 3.8) is 0 Å². The van der Waals surface area contributed by atoms with E-state index in [1.165, 1.54) is 0 Å². The molecule has 1 fully saturated rings. The minimum Gasteiger partial charge on any atom is -0.467 e. The smallest absolute Gasteiger partial charge is 0.338 e. The molecule has 3 N–H and O–H groups in total. The highest BCUT2D eigenvalue weighted by Crippen LogP contribution is 2.27. The van der Waals surface area contributed by atoms with Crippen LogP contribution in [-0.2, 0) is 14.3 Å². The Hall–Kier alpha value is -0.980. The molecule has 0 bridgehead atoms. The van der Waals surface area contributed by atoms with Gasteiger partial charge in [-0.2, -0.15) is 0 Å². The van der Waals surface area contributed by atoms with Crippen LogP contribution in [0, 0.1) is 0 Å². The van der Waals surface area contributed by atoms with E-state index in [9.17, 15) is 19.8 Å². The summed E-state index contributed by atoms with van der Waals surface area (Å²) >= 11 is 0. The van der Waals surface area contributed by atoms with E-state index >= 15 is 0 Å². The number of hydrogen-bond donors (Lipinski definition) is 3. The molecule has 0 aromatic rings. The number of ketones is 1. The second-order valence-corrected chi connectivity index (χ2v) is 3.38. The first kappa shape index (κ1) is 11.1. The highest BCUT2D eigenvalue weighted by atomic mass is 16.5. The Morgan fingerprint density at radius 1 is 1.57 bits per heavy atom. The molecule has 0 radical (unpaired) electrons. The number of esters is 1. The second kappa shape index (κ2) is 3.64. The first-order chi connectivity index (χ1) is 6.40. The molecular weight excluding hydrogens is 192 g/mol. The molecule has 0 amide bonds. The van der Waals surface area contributed by atoms with Gasteiger partial charge in [0.2, 0.25) is 0 Å². The third-order valence-corrected chi connectivity index (χ3v) is 2.27. The minimum atomic E-state index is -2.01. The van der Waals surface area contributed by atoms with Crippen LogP contribution in [-0.4, -0.2) is 52.0 Å². The Balaban J connectivity index is 2.84. The Bertz CT molecular complexity index is 263. The summed E-state index contributed by atoms with van der Waals surface area (Å²) in [6, 6.07) is 0. The molecule has 3 atom stereocenters. The van der Waals surface area contributed by atoms with Gasteiger partial charge in [0.25, 0.3) is 0 Å². The largest absolute Gasteiger partial charge is 0.467 e. The van der Waals surface area contributed by atoms with E-state index in [1.54, 1.807) is 0 Å². The van der Waals surface area contributed by atoms with Crippen LogP contribution in [0.15, 0.2) is 0 Å². The fourth-order valence-electron chi connectivity index (χ4n) is 1.48. The van der Waals surface area contributed by atoms with Crippen LogP contribution in [0.3, 0.4) is 0 Å². The molecule has 0 aliphatic heterocycles. The number of carbonyl (C=O) groups excluding carboxylic acids is 2. The minimum absolute atomic E-state index is 0.396. The molecule has 0 aromatic heterocycles. The van der Waals surface area contributed by atoms with Gasteiger partial charge in [-0.1, -0.05) is 0 Å². The van der Waals surface area contributed by atoms with Crippen LogP contribution in [0.5, 0.6) is 0 Å². The summed E-state index contributed by atoms with van der Waals surface area (Å²) < 4.78 is 4.29. The third-order valence-electron chi connectivity index (χ3n) is 2.27. The maximum Gasteiger partial charge on any atom is 0.338 e. The molecule has 0 aromatic carbocycles. The van der Waals surface area contributed by atoms with E-state index in [-0.39, 0.29) is 0 Å². The number of aliphatic hydroxyl groups excluding tert-OH is 2. The summed E-state index contributed by atoms with van der Waals surface area (Å²) in [6.07, 6.45) is -3.88. The van der Waals surface area contributed by atoms with Gasteiger partial charge in [-0.15, -0.1) is 0 Å². The van der Waals surface area contributed by atoms with E-state index in [0.29, 0.717) is 0 Å².